The molecule has 1 heteroatoms. The Morgan fingerprint density at radius 3 is 3.00 bits per heavy atom. The van der Waals surface area contributed by atoms with Crippen LogP contribution in [-0.2, 0) is 5.41 Å². The van der Waals surface area contributed by atoms with E-state index in [4.69, 9.17) is 0 Å². The standard InChI is InChI=1S/C12H15S/c1-9-4-5-10-11(8-9)13-7-6-12(10,2)3/h5,8H,6-7H2,1-3H3. The molecule has 0 saturated heterocycles. The van der Waals surface area contributed by atoms with Gasteiger partial charge in [-0.15, -0.1) is 11.8 Å². The smallest absolute Gasteiger partial charge is 0.0112 e. The molecule has 69 valence electrons. The molecule has 1 aliphatic rings. The van der Waals surface area contributed by atoms with E-state index in [2.05, 4.69) is 39.0 Å². The molecule has 0 atom stereocenters. The number of aryl methyl sites for hydroxylation is 1. The van der Waals surface area contributed by atoms with Gasteiger partial charge in [-0.1, -0.05) is 13.8 Å². The van der Waals surface area contributed by atoms with Gasteiger partial charge in [0.2, 0.25) is 0 Å². The van der Waals surface area contributed by atoms with Gasteiger partial charge >= 0.3 is 0 Å². The minimum Gasteiger partial charge on any atom is -0.126 e. The zero-order valence-electron chi connectivity index (χ0n) is 8.48. The lowest BCUT2D eigenvalue weighted by Crippen LogP contribution is -2.22. The van der Waals surface area contributed by atoms with Gasteiger partial charge in [-0.05, 0) is 53.8 Å². The predicted octanol–water partition coefficient (Wildman–Crippen LogP) is 3.57. The fraction of sp³-hybridized carbons (Fsp3) is 0.500. The van der Waals surface area contributed by atoms with Gasteiger partial charge in [0.1, 0.15) is 0 Å². The van der Waals surface area contributed by atoms with E-state index in [9.17, 15) is 0 Å². The first kappa shape index (κ1) is 9.14. The normalized spacial score (nSPS) is 19.6. The van der Waals surface area contributed by atoms with Crippen LogP contribution in [0.2, 0.25) is 0 Å². The van der Waals surface area contributed by atoms with Crippen LogP contribution in [-0.4, -0.2) is 5.75 Å². The molecule has 0 nitrogen and oxygen atoms in total. The highest BCUT2D eigenvalue weighted by Gasteiger charge is 2.27. The Kier molecular flexibility index (Phi) is 2.15. The maximum absolute atomic E-state index is 3.30. The second kappa shape index (κ2) is 3.06. The Morgan fingerprint density at radius 2 is 2.23 bits per heavy atom. The molecule has 0 spiro atoms. The molecule has 13 heavy (non-hydrogen) atoms. The largest absolute Gasteiger partial charge is 0.126 e. The van der Waals surface area contributed by atoms with Crippen LogP contribution < -0.4 is 0 Å². The Labute approximate surface area is 84.7 Å². The molecule has 0 aliphatic carbocycles. The van der Waals surface area contributed by atoms with Gasteiger partial charge in [0.25, 0.3) is 0 Å². The molecule has 0 aromatic heterocycles. The summed E-state index contributed by atoms with van der Waals surface area (Å²) in [4.78, 5) is 1.47. The molecule has 1 heterocycles. The maximum Gasteiger partial charge on any atom is 0.0112 e. The molecule has 0 N–H and O–H groups in total. The van der Waals surface area contributed by atoms with Crippen LogP contribution in [0.5, 0.6) is 0 Å². The first-order valence-corrected chi connectivity index (χ1v) is 5.74. The highest BCUT2D eigenvalue weighted by molar-refractivity contribution is 7.99. The molecule has 2 rings (SSSR count). The Bertz CT molecular complexity index is 326. The summed E-state index contributed by atoms with van der Waals surface area (Å²) in [5.74, 6) is 1.25. The minimum atomic E-state index is 0.352. The van der Waals surface area contributed by atoms with Crippen molar-refractivity contribution in [2.75, 3.05) is 5.75 Å². The number of thioether (sulfide) groups is 1. The van der Waals surface area contributed by atoms with Crippen molar-refractivity contribution in [1.82, 2.24) is 0 Å². The fourth-order valence-corrected chi connectivity index (χ4v) is 3.36. The summed E-state index contributed by atoms with van der Waals surface area (Å²) in [6, 6.07) is 7.74. The summed E-state index contributed by atoms with van der Waals surface area (Å²) in [5, 5.41) is 0. The predicted molar refractivity (Wildman–Crippen MR) is 58.4 cm³/mol. The van der Waals surface area contributed by atoms with Crippen molar-refractivity contribution in [2.45, 2.75) is 37.5 Å². The van der Waals surface area contributed by atoms with Crippen molar-refractivity contribution >= 4 is 11.8 Å². The fourth-order valence-electron chi connectivity index (χ4n) is 1.77. The molecule has 0 bridgehead atoms. The summed E-state index contributed by atoms with van der Waals surface area (Å²) in [6.45, 7) is 6.77. The van der Waals surface area contributed by atoms with Crippen molar-refractivity contribution in [3.05, 3.63) is 29.3 Å². The van der Waals surface area contributed by atoms with Crippen molar-refractivity contribution in [1.29, 1.82) is 0 Å². The molecule has 0 fully saturated rings. The summed E-state index contributed by atoms with van der Waals surface area (Å²) in [7, 11) is 0. The van der Waals surface area contributed by atoms with Gasteiger partial charge in [0, 0.05) is 4.90 Å². The first-order chi connectivity index (χ1) is 6.09. The summed E-state index contributed by atoms with van der Waals surface area (Å²) in [6.07, 6.45) is 1.28. The van der Waals surface area contributed by atoms with E-state index >= 15 is 0 Å². The van der Waals surface area contributed by atoms with Crippen LogP contribution >= 0.6 is 11.8 Å². The van der Waals surface area contributed by atoms with E-state index in [1.54, 1.807) is 0 Å². The van der Waals surface area contributed by atoms with Crippen LogP contribution in [0, 0.1) is 13.0 Å². The molecular formula is C12H15S. The minimum absolute atomic E-state index is 0.352. The zero-order chi connectivity index (χ0) is 9.47. The second-order valence-corrected chi connectivity index (χ2v) is 5.51. The second-order valence-electron chi connectivity index (χ2n) is 4.38. The van der Waals surface area contributed by atoms with Crippen LogP contribution in [0.4, 0.5) is 0 Å². The van der Waals surface area contributed by atoms with Crippen molar-refractivity contribution in [3.63, 3.8) is 0 Å². The lowest BCUT2D eigenvalue weighted by Gasteiger charge is -2.32. The zero-order valence-corrected chi connectivity index (χ0v) is 9.29. The highest BCUT2D eigenvalue weighted by atomic mass is 32.2. The molecule has 0 saturated carbocycles. The maximum atomic E-state index is 3.30. The summed E-state index contributed by atoms with van der Waals surface area (Å²) < 4.78 is 0. The van der Waals surface area contributed by atoms with Crippen LogP contribution in [0.3, 0.4) is 0 Å². The number of benzene rings is 1. The average Bonchev–Trinajstić information content (AvgIpc) is 2.02. The van der Waals surface area contributed by atoms with E-state index in [1.807, 2.05) is 11.8 Å². The van der Waals surface area contributed by atoms with Gasteiger partial charge < -0.3 is 0 Å². The third-order valence-electron chi connectivity index (χ3n) is 2.77. The van der Waals surface area contributed by atoms with Crippen LogP contribution in [0.25, 0.3) is 0 Å². The number of hydrogen-bond donors (Lipinski definition) is 0. The summed E-state index contributed by atoms with van der Waals surface area (Å²) in [5.41, 5.74) is 3.09. The van der Waals surface area contributed by atoms with Gasteiger partial charge in [-0.3, -0.25) is 0 Å². The van der Waals surface area contributed by atoms with E-state index < -0.39 is 0 Å². The molecule has 1 radical (unpaired) electrons. The van der Waals surface area contributed by atoms with Crippen molar-refractivity contribution in [3.8, 4) is 0 Å². The highest BCUT2D eigenvalue weighted by Crippen LogP contribution is 2.41. The molecular weight excluding hydrogens is 176 g/mol. The van der Waals surface area contributed by atoms with Crippen LogP contribution in [0.1, 0.15) is 31.4 Å². The van der Waals surface area contributed by atoms with Crippen molar-refractivity contribution < 1.29 is 0 Å². The van der Waals surface area contributed by atoms with Gasteiger partial charge in [-0.25, -0.2) is 0 Å². The molecule has 0 unspecified atom stereocenters. The van der Waals surface area contributed by atoms with E-state index in [0.717, 1.165) is 0 Å². The topological polar surface area (TPSA) is 0 Å². The molecule has 0 amide bonds. The summed E-state index contributed by atoms with van der Waals surface area (Å²) >= 11 is 1.99. The third kappa shape index (κ3) is 1.62. The number of rotatable bonds is 0. The molecule has 1 aromatic rings. The average molecular weight is 191 g/mol. The lowest BCUT2D eigenvalue weighted by molar-refractivity contribution is 0.494. The third-order valence-corrected chi connectivity index (χ3v) is 3.83. The SMILES string of the molecule is Cc1[c]cc2c(c1)SCCC2(C)C. The van der Waals surface area contributed by atoms with E-state index in [1.165, 1.54) is 28.2 Å². The Balaban J connectivity index is 2.53. The van der Waals surface area contributed by atoms with Gasteiger partial charge in [0.05, 0.1) is 0 Å². The first-order valence-electron chi connectivity index (χ1n) is 4.75. The lowest BCUT2D eigenvalue weighted by atomic mass is 9.81. The Morgan fingerprint density at radius 1 is 1.46 bits per heavy atom. The molecule has 1 aliphatic heterocycles. The van der Waals surface area contributed by atoms with Crippen LogP contribution in [0.15, 0.2) is 17.0 Å². The van der Waals surface area contributed by atoms with Crippen molar-refractivity contribution in [2.24, 2.45) is 0 Å². The van der Waals surface area contributed by atoms with Gasteiger partial charge in [-0.2, -0.15) is 0 Å². The molecule has 1 aromatic carbocycles. The monoisotopic (exact) mass is 191 g/mol. The van der Waals surface area contributed by atoms with E-state index in [-0.39, 0.29) is 0 Å². The number of hydrogen-bond acceptors (Lipinski definition) is 1. The quantitative estimate of drug-likeness (QED) is 0.604. The van der Waals surface area contributed by atoms with E-state index in [0.29, 0.717) is 5.41 Å². The Hall–Kier alpha value is -0.430. The van der Waals surface area contributed by atoms with Gasteiger partial charge in [0.15, 0.2) is 0 Å². The number of fused-ring (bicyclic) bond motifs is 1.